The molecule has 2 amide bonds. The van der Waals surface area contributed by atoms with Crippen LogP contribution in [0.25, 0.3) is 33.4 Å². The number of aromatic nitrogens is 6. The van der Waals surface area contributed by atoms with Crippen molar-refractivity contribution in [3.8, 4) is 34.6 Å². The molecule has 4 saturated heterocycles. The number of piperidine rings is 3. The van der Waals surface area contributed by atoms with Gasteiger partial charge in [0.1, 0.15) is 12.6 Å². The summed E-state index contributed by atoms with van der Waals surface area (Å²) in [6, 6.07) is 25.7. The van der Waals surface area contributed by atoms with Gasteiger partial charge in [0.2, 0.25) is 11.8 Å². The Hall–Kier alpha value is -7.46. The number of ketones is 1. The van der Waals surface area contributed by atoms with Gasteiger partial charge in [-0.05, 0) is 106 Å². The molecule has 370 valence electrons. The van der Waals surface area contributed by atoms with Crippen molar-refractivity contribution in [1.82, 2.24) is 50.8 Å². The first kappa shape index (κ1) is 48.2. The topological polar surface area (TPSA) is 233 Å². The van der Waals surface area contributed by atoms with Crippen LogP contribution in [-0.2, 0) is 20.8 Å². The van der Waals surface area contributed by atoms with E-state index in [4.69, 9.17) is 9.72 Å². The van der Waals surface area contributed by atoms with Crippen LogP contribution < -0.4 is 36.7 Å². The van der Waals surface area contributed by atoms with E-state index >= 15 is 0 Å². The van der Waals surface area contributed by atoms with Gasteiger partial charge in [0.15, 0.2) is 11.6 Å². The van der Waals surface area contributed by atoms with Crippen molar-refractivity contribution in [3.05, 3.63) is 128 Å². The molecule has 0 aliphatic carbocycles. The van der Waals surface area contributed by atoms with E-state index in [1.54, 1.807) is 36.5 Å². The van der Waals surface area contributed by atoms with Crippen molar-refractivity contribution in [2.24, 2.45) is 11.3 Å². The second kappa shape index (κ2) is 21.1. The molecule has 2 atom stereocenters. The zero-order chi connectivity index (χ0) is 49.8. The molecule has 0 spiro atoms. The third-order valence-electron chi connectivity index (χ3n) is 15.1. The number of nitrogens with one attached hydrogen (secondary N) is 4. The van der Waals surface area contributed by atoms with E-state index in [-0.39, 0.29) is 48.3 Å². The quantitative estimate of drug-likeness (QED) is 0.112. The highest BCUT2D eigenvalue weighted by atomic mass is 16.5. The summed E-state index contributed by atoms with van der Waals surface area (Å²) in [6.45, 7) is 8.10. The van der Waals surface area contributed by atoms with E-state index in [0.717, 1.165) is 92.8 Å². The minimum absolute atomic E-state index is 0.167. The van der Waals surface area contributed by atoms with Gasteiger partial charge in [-0.25, -0.2) is 14.8 Å². The molecular formula is C54H58N12O6. The summed E-state index contributed by atoms with van der Waals surface area (Å²) >= 11 is 0. The summed E-state index contributed by atoms with van der Waals surface area (Å²) in [5.41, 5.74) is 4.50. The van der Waals surface area contributed by atoms with Crippen LogP contribution in [0.2, 0.25) is 0 Å². The molecule has 3 aromatic carbocycles. The van der Waals surface area contributed by atoms with Gasteiger partial charge in [0.25, 0.3) is 17.0 Å². The number of H-pyrrole nitrogens is 1. The van der Waals surface area contributed by atoms with Crippen LogP contribution >= 0.6 is 0 Å². The van der Waals surface area contributed by atoms with Crippen molar-refractivity contribution in [2.45, 2.75) is 70.4 Å². The molecule has 4 aliphatic heterocycles. The number of hydrogen-bond acceptors (Lipinski definition) is 15. The molecule has 7 heterocycles. The monoisotopic (exact) mass is 970 g/mol. The van der Waals surface area contributed by atoms with Crippen molar-refractivity contribution >= 4 is 34.1 Å². The average molecular weight is 971 g/mol. The number of anilines is 1. The van der Waals surface area contributed by atoms with E-state index < -0.39 is 17.4 Å². The molecule has 0 radical (unpaired) electrons. The highest BCUT2D eigenvalue weighted by molar-refractivity contribution is 5.99. The van der Waals surface area contributed by atoms with Crippen LogP contribution in [0.3, 0.4) is 0 Å². The Balaban J connectivity index is 0.748. The molecular weight excluding hydrogens is 913 g/mol. The van der Waals surface area contributed by atoms with E-state index in [9.17, 15) is 29.2 Å². The summed E-state index contributed by atoms with van der Waals surface area (Å²) in [5, 5.41) is 31.3. The predicted molar refractivity (Wildman–Crippen MR) is 270 cm³/mol. The van der Waals surface area contributed by atoms with Crippen LogP contribution in [0.4, 0.5) is 5.69 Å². The highest BCUT2D eigenvalue weighted by Gasteiger charge is 2.42. The SMILES string of the molecule is Cc1nn(C2CCC(=O)NC2=O)c(=O)c2ccc(N3CCC(CC4CNCCN4CC(=O)C4(COc5ccnc(-c6ccc(Cc7cc(-c8cccc(C#N)c8)n[nH]c7=O)cc6)n5)CCNCC4)CC3)cc12. The molecule has 2 unspecified atom stereocenters. The van der Waals surface area contributed by atoms with Gasteiger partial charge >= 0.3 is 0 Å². The second-order valence-electron chi connectivity index (χ2n) is 19.7. The lowest BCUT2D eigenvalue weighted by Gasteiger charge is -2.42. The van der Waals surface area contributed by atoms with E-state index in [1.807, 2.05) is 55.5 Å². The summed E-state index contributed by atoms with van der Waals surface area (Å²) in [6.07, 6.45) is 6.82. The van der Waals surface area contributed by atoms with Gasteiger partial charge in [-0.3, -0.25) is 34.2 Å². The fourth-order valence-corrected chi connectivity index (χ4v) is 10.8. The lowest BCUT2D eigenvalue weighted by Crippen LogP contribution is -2.56. The summed E-state index contributed by atoms with van der Waals surface area (Å²) < 4.78 is 7.66. The number of nitrogens with zero attached hydrogens (tertiary/aromatic N) is 8. The number of amides is 2. The molecule has 72 heavy (non-hydrogen) atoms. The van der Waals surface area contributed by atoms with Gasteiger partial charge in [-0.2, -0.15) is 20.4 Å². The number of nitriles is 1. The van der Waals surface area contributed by atoms with Crippen molar-refractivity contribution < 1.29 is 19.1 Å². The largest absolute Gasteiger partial charge is 0.477 e. The van der Waals surface area contributed by atoms with Crippen LogP contribution in [0, 0.1) is 29.6 Å². The van der Waals surface area contributed by atoms with E-state index in [1.165, 1.54) is 4.68 Å². The average Bonchev–Trinajstić information content (AvgIpc) is 3.41. The molecule has 4 fully saturated rings. The second-order valence-corrected chi connectivity index (χ2v) is 19.7. The molecule has 4 aliphatic rings. The number of rotatable bonds is 14. The van der Waals surface area contributed by atoms with Gasteiger partial charge in [0, 0.05) is 91.6 Å². The first-order chi connectivity index (χ1) is 35.0. The fraction of sp³-hybridized carbons (Fsp3) is 0.407. The Labute approximate surface area is 416 Å². The maximum absolute atomic E-state index is 14.6. The molecule has 0 saturated carbocycles. The third-order valence-corrected chi connectivity index (χ3v) is 15.1. The molecule has 10 rings (SSSR count). The standard InChI is InChI=1S/C54H58N12O6/c1-34-44-29-41(9-10-43(44)53(71)66(63-34)46-11-12-48(68)59-52(46)70)64-22-14-36(15-23-64)27-42-31-57-21-24-65(42)32-47(67)54(16-19-56-20-17-54)33-72-49-13-18-58-50(60-49)38-7-5-35(6-8-38)25-40-28-45(61-62-51(40)69)39-4-2-3-37(26-39)30-55/h2-10,13,18,26,28-29,36,42,46,56-57H,11-12,14-17,19-25,27,31-33H2,1H3,(H,62,69)(H,59,68,70). The first-order valence-electron chi connectivity index (χ1n) is 25.0. The Morgan fingerprint density at radius 1 is 0.889 bits per heavy atom. The van der Waals surface area contributed by atoms with Crippen molar-refractivity contribution in [2.75, 3.05) is 63.9 Å². The lowest BCUT2D eigenvalue weighted by atomic mass is 9.75. The van der Waals surface area contributed by atoms with Gasteiger partial charge < -0.3 is 20.3 Å². The number of carbonyl (C=O) groups is 3. The summed E-state index contributed by atoms with van der Waals surface area (Å²) in [4.78, 5) is 79.2. The third kappa shape index (κ3) is 10.5. The van der Waals surface area contributed by atoms with Crippen LogP contribution in [-0.4, -0.2) is 117 Å². The van der Waals surface area contributed by atoms with Gasteiger partial charge in [-0.15, -0.1) is 0 Å². The van der Waals surface area contributed by atoms with Gasteiger partial charge in [0.05, 0.1) is 40.4 Å². The number of piperazine rings is 1. The number of Topliss-reactive ketones (excluding diaryl/α,β-unsaturated/α-hetero) is 1. The molecule has 3 aromatic heterocycles. The summed E-state index contributed by atoms with van der Waals surface area (Å²) in [5.74, 6) is 0.757. The van der Waals surface area contributed by atoms with E-state index in [0.29, 0.717) is 71.3 Å². The number of benzene rings is 3. The Morgan fingerprint density at radius 3 is 2.50 bits per heavy atom. The molecule has 18 nitrogen and oxygen atoms in total. The number of hydrogen-bond donors (Lipinski definition) is 4. The number of aromatic amines is 1. The number of imide groups is 1. The normalized spacial score (nSPS) is 19.7. The predicted octanol–water partition coefficient (Wildman–Crippen LogP) is 4.25. The minimum Gasteiger partial charge on any atom is -0.477 e. The summed E-state index contributed by atoms with van der Waals surface area (Å²) in [7, 11) is 0. The Bertz CT molecular complexity index is 3170. The number of carbonyl (C=O) groups excluding carboxylic acids is 3. The molecule has 4 N–H and O–H groups in total. The molecule has 6 aromatic rings. The molecule has 18 heteroatoms. The molecule has 0 bridgehead atoms. The highest BCUT2D eigenvalue weighted by Crippen LogP contribution is 2.34. The Kier molecular flexibility index (Phi) is 14.1. The number of fused-ring (bicyclic) bond motifs is 1. The lowest BCUT2D eigenvalue weighted by molar-refractivity contribution is -0.136. The van der Waals surface area contributed by atoms with Gasteiger partial charge in [-0.1, -0.05) is 36.4 Å². The maximum Gasteiger partial charge on any atom is 0.275 e. The van der Waals surface area contributed by atoms with Crippen LogP contribution in [0.15, 0.2) is 94.6 Å². The zero-order valence-corrected chi connectivity index (χ0v) is 40.4. The van der Waals surface area contributed by atoms with E-state index in [2.05, 4.69) is 52.1 Å². The number of aryl methyl sites for hydroxylation is 1. The smallest absolute Gasteiger partial charge is 0.275 e. The van der Waals surface area contributed by atoms with Crippen molar-refractivity contribution in [3.63, 3.8) is 0 Å². The zero-order valence-electron chi connectivity index (χ0n) is 40.4. The maximum atomic E-state index is 14.6. The van der Waals surface area contributed by atoms with Crippen molar-refractivity contribution in [1.29, 1.82) is 5.26 Å². The number of ether oxygens (including phenoxy) is 1. The fourth-order valence-electron chi connectivity index (χ4n) is 10.8. The minimum atomic E-state index is -0.811. The first-order valence-corrected chi connectivity index (χ1v) is 25.0. The Morgan fingerprint density at radius 2 is 1.71 bits per heavy atom. The van der Waals surface area contributed by atoms with Crippen LogP contribution in [0.5, 0.6) is 5.88 Å². The van der Waals surface area contributed by atoms with Crippen LogP contribution in [0.1, 0.15) is 73.4 Å².